The van der Waals surface area contributed by atoms with E-state index in [4.69, 9.17) is 5.11 Å². The molecule has 0 bridgehead atoms. The maximum Gasteiger partial charge on any atom is 0.148 e. The average Bonchev–Trinajstić information content (AvgIpc) is 1.65. The van der Waals surface area contributed by atoms with Crippen LogP contribution in [0.1, 0.15) is 13.8 Å². The van der Waals surface area contributed by atoms with Crippen molar-refractivity contribution in [3.63, 3.8) is 0 Å². The van der Waals surface area contributed by atoms with E-state index in [1.807, 2.05) is 0 Å². The molecule has 0 saturated carbocycles. The van der Waals surface area contributed by atoms with Crippen LogP contribution in [0.5, 0.6) is 0 Å². The first-order valence-corrected chi connectivity index (χ1v) is 2.32. The van der Waals surface area contributed by atoms with Crippen molar-refractivity contribution in [3.05, 3.63) is 0 Å². The maximum atomic E-state index is 9.70. The van der Waals surface area contributed by atoms with E-state index in [1.165, 1.54) is 0 Å². The van der Waals surface area contributed by atoms with Crippen molar-refractivity contribution in [2.75, 3.05) is 0 Å². The number of carbonyl (C=O) groups excluding carboxylic acids is 1. The molecule has 0 aliphatic heterocycles. The first kappa shape index (κ1) is 10.9. The number of rotatable bonds is 2. The zero-order valence-corrected chi connectivity index (χ0v) is 6.09. The quantitative estimate of drug-likeness (QED) is 0.555. The first-order chi connectivity index (χ1) is 3.18. The molecule has 0 fully saturated rings. The minimum atomic E-state index is -0.778. The summed E-state index contributed by atoms with van der Waals surface area (Å²) in [6, 6.07) is 0. The van der Waals surface area contributed by atoms with Gasteiger partial charge in [0.25, 0.3) is 0 Å². The van der Waals surface area contributed by atoms with Crippen LogP contribution in [-0.4, -0.2) is 17.5 Å². The fourth-order valence-electron chi connectivity index (χ4n) is 0.157. The second-order valence-electron chi connectivity index (χ2n) is 1.87. The second-order valence-corrected chi connectivity index (χ2v) is 1.87. The molecule has 0 aromatic carbocycles. The molecule has 50 valence electrons. The fourth-order valence-corrected chi connectivity index (χ4v) is 0.157. The predicted octanol–water partition coefficient (Wildman–Crippen LogP) is 0.315. The maximum absolute atomic E-state index is 9.70. The number of aldehydes is 1. The van der Waals surface area contributed by atoms with Gasteiger partial charge in [0.2, 0.25) is 0 Å². The van der Waals surface area contributed by atoms with Crippen molar-refractivity contribution in [1.29, 1.82) is 0 Å². The molecule has 0 rings (SSSR count). The van der Waals surface area contributed by atoms with Crippen LogP contribution in [-0.2, 0) is 4.79 Å². The third-order valence-corrected chi connectivity index (χ3v) is 0.822. The molecule has 2 nitrogen and oxygen atoms in total. The Hall–Kier alpha value is -0.0200. The Labute approximate surface area is 56.3 Å². The summed E-state index contributed by atoms with van der Waals surface area (Å²) in [6.45, 7) is 3.58. The Morgan fingerprint density at radius 3 is 1.88 bits per heavy atom. The lowest BCUT2D eigenvalue weighted by Gasteiger charge is -2.03. The highest BCUT2D eigenvalue weighted by atomic mass is 32.1. The van der Waals surface area contributed by atoms with E-state index in [0.29, 0.717) is 6.29 Å². The number of hydrogen-bond acceptors (Lipinski definition) is 2. The summed E-state index contributed by atoms with van der Waals surface area (Å²) in [5, 5.41) is 8.57. The number of carbonyl (C=O) groups is 1. The minimum Gasteiger partial charge on any atom is -0.385 e. The molecule has 0 radical (unpaired) electrons. The molecule has 0 aliphatic carbocycles. The normalized spacial score (nSPS) is 12.5. The van der Waals surface area contributed by atoms with Gasteiger partial charge in [-0.05, 0) is 5.92 Å². The highest BCUT2D eigenvalue weighted by Crippen LogP contribution is 1.95. The van der Waals surface area contributed by atoms with Gasteiger partial charge in [0.1, 0.15) is 12.4 Å². The van der Waals surface area contributed by atoms with Crippen LogP contribution in [0.15, 0.2) is 0 Å². The van der Waals surface area contributed by atoms with Crippen LogP contribution < -0.4 is 0 Å². The average molecular weight is 136 g/mol. The van der Waals surface area contributed by atoms with Gasteiger partial charge in [0.05, 0.1) is 0 Å². The summed E-state index contributed by atoms with van der Waals surface area (Å²) in [5.74, 6) is 0.0532. The van der Waals surface area contributed by atoms with Gasteiger partial charge < -0.3 is 9.90 Å². The summed E-state index contributed by atoms with van der Waals surface area (Å²) >= 11 is 0. The first-order valence-electron chi connectivity index (χ1n) is 2.32. The van der Waals surface area contributed by atoms with Gasteiger partial charge in [-0.3, -0.25) is 0 Å². The Kier molecular flexibility index (Phi) is 6.96. The number of aliphatic hydroxyl groups excluding tert-OH is 1. The molecule has 0 spiro atoms. The largest absolute Gasteiger partial charge is 0.385 e. The van der Waals surface area contributed by atoms with Crippen LogP contribution in [0.25, 0.3) is 0 Å². The van der Waals surface area contributed by atoms with Crippen molar-refractivity contribution in [1.82, 2.24) is 0 Å². The molecule has 1 N–H and O–H groups in total. The van der Waals surface area contributed by atoms with E-state index >= 15 is 0 Å². The Morgan fingerprint density at radius 1 is 1.50 bits per heavy atom. The van der Waals surface area contributed by atoms with Crippen molar-refractivity contribution in [2.45, 2.75) is 20.0 Å². The van der Waals surface area contributed by atoms with Crippen LogP contribution in [0, 0.1) is 5.92 Å². The third kappa shape index (κ3) is 4.15. The lowest BCUT2D eigenvalue weighted by Crippen LogP contribution is -2.15. The van der Waals surface area contributed by atoms with Crippen molar-refractivity contribution >= 4 is 19.8 Å². The summed E-state index contributed by atoms with van der Waals surface area (Å²) in [6.07, 6.45) is -0.231. The third-order valence-electron chi connectivity index (χ3n) is 0.822. The topological polar surface area (TPSA) is 37.3 Å². The fraction of sp³-hybridized carbons (Fsp3) is 0.800. The molecule has 1 atom stereocenters. The molecule has 0 saturated heterocycles. The van der Waals surface area contributed by atoms with E-state index in [1.54, 1.807) is 13.8 Å². The molecule has 0 heterocycles. The summed E-state index contributed by atoms with van der Waals surface area (Å²) in [4.78, 5) is 9.70. The van der Waals surface area contributed by atoms with Gasteiger partial charge in [-0.15, -0.1) is 0 Å². The highest BCUT2D eigenvalue weighted by Gasteiger charge is 2.04. The molecule has 3 heteroatoms. The van der Waals surface area contributed by atoms with Gasteiger partial charge in [0, 0.05) is 0 Å². The minimum absolute atomic E-state index is 0. The Morgan fingerprint density at radius 2 is 1.88 bits per heavy atom. The molecular formula is C5H12O2S. The van der Waals surface area contributed by atoms with Crippen LogP contribution in [0.4, 0.5) is 0 Å². The highest BCUT2D eigenvalue weighted by molar-refractivity contribution is 7.59. The van der Waals surface area contributed by atoms with Crippen molar-refractivity contribution in [3.8, 4) is 0 Å². The molecule has 0 aromatic rings. The van der Waals surface area contributed by atoms with E-state index in [0.717, 1.165) is 0 Å². The summed E-state index contributed by atoms with van der Waals surface area (Å²) in [7, 11) is 0. The van der Waals surface area contributed by atoms with Gasteiger partial charge in [-0.1, -0.05) is 13.8 Å². The Bertz CT molecular complexity index is 63.4. The summed E-state index contributed by atoms with van der Waals surface area (Å²) in [5.41, 5.74) is 0. The smallest absolute Gasteiger partial charge is 0.148 e. The van der Waals surface area contributed by atoms with Crippen LogP contribution in [0.2, 0.25) is 0 Å². The van der Waals surface area contributed by atoms with Gasteiger partial charge in [0.15, 0.2) is 0 Å². The van der Waals surface area contributed by atoms with Gasteiger partial charge >= 0.3 is 0 Å². The molecular weight excluding hydrogens is 124 g/mol. The zero-order chi connectivity index (χ0) is 5.86. The molecule has 0 aliphatic rings. The molecule has 0 aromatic heterocycles. The van der Waals surface area contributed by atoms with Gasteiger partial charge in [-0.2, -0.15) is 13.5 Å². The van der Waals surface area contributed by atoms with E-state index < -0.39 is 6.10 Å². The van der Waals surface area contributed by atoms with E-state index in [-0.39, 0.29) is 19.4 Å². The lowest BCUT2D eigenvalue weighted by atomic mass is 10.1. The number of hydrogen-bond donors (Lipinski definition) is 1. The molecule has 8 heavy (non-hydrogen) atoms. The van der Waals surface area contributed by atoms with Crippen molar-refractivity contribution in [2.24, 2.45) is 5.92 Å². The van der Waals surface area contributed by atoms with Crippen LogP contribution >= 0.6 is 13.5 Å². The summed E-state index contributed by atoms with van der Waals surface area (Å²) < 4.78 is 0. The molecule has 0 unspecified atom stereocenters. The second kappa shape index (κ2) is 5.12. The van der Waals surface area contributed by atoms with E-state index in [2.05, 4.69) is 0 Å². The standard InChI is InChI=1S/C5H10O2.H2S/c1-4(2)5(7)3-6;/h3-5,7H,1-2H3;1H2/t5-;/m1./s1. The lowest BCUT2D eigenvalue weighted by molar-refractivity contribution is -0.116. The Balaban J connectivity index is 0. The van der Waals surface area contributed by atoms with Crippen molar-refractivity contribution < 1.29 is 9.90 Å². The SMILES string of the molecule is CC(C)[C@H](O)C=O.S. The van der Waals surface area contributed by atoms with Crippen LogP contribution in [0.3, 0.4) is 0 Å². The van der Waals surface area contributed by atoms with E-state index in [9.17, 15) is 4.79 Å². The predicted molar refractivity (Wildman–Crippen MR) is 37.3 cm³/mol. The number of aliphatic hydroxyl groups is 1. The molecule has 0 amide bonds. The van der Waals surface area contributed by atoms with Gasteiger partial charge in [-0.25, -0.2) is 0 Å². The monoisotopic (exact) mass is 136 g/mol. The zero-order valence-electron chi connectivity index (χ0n) is 5.09.